The third-order valence-corrected chi connectivity index (χ3v) is 2.59. The molecule has 4 nitrogen and oxygen atoms in total. The fraction of sp³-hybridized carbons (Fsp3) is 0.0909. The van der Waals surface area contributed by atoms with Gasteiger partial charge in [-0.2, -0.15) is 5.10 Å². The molecule has 0 aliphatic heterocycles. The molecular weight excluding hydrogens is 272 g/mol. The van der Waals surface area contributed by atoms with Gasteiger partial charge in [-0.3, -0.25) is 4.79 Å². The van der Waals surface area contributed by atoms with Crippen LogP contribution in [0.1, 0.15) is 10.4 Å². The number of carbonyl (C=O) groups excluding carboxylic acids is 1. The summed E-state index contributed by atoms with van der Waals surface area (Å²) >= 11 is 3.34. The Hall–Kier alpha value is -1.62. The van der Waals surface area contributed by atoms with E-state index in [1.165, 1.54) is 10.9 Å². The van der Waals surface area contributed by atoms with E-state index in [2.05, 4.69) is 21.0 Å². The van der Waals surface area contributed by atoms with Crippen LogP contribution in [-0.4, -0.2) is 16.1 Å². The van der Waals surface area contributed by atoms with Crippen molar-refractivity contribution in [3.05, 3.63) is 40.5 Å². The molecule has 5 heteroatoms. The second-order valence-electron chi connectivity index (χ2n) is 3.20. The lowest BCUT2D eigenvalue weighted by Gasteiger charge is -2.06. The highest BCUT2D eigenvalue weighted by Gasteiger charge is 2.09. The van der Waals surface area contributed by atoms with E-state index >= 15 is 0 Å². The monoisotopic (exact) mass is 280 g/mol. The summed E-state index contributed by atoms with van der Waals surface area (Å²) in [6.45, 7) is 0. The average Bonchev–Trinajstić information content (AvgIpc) is 2.63. The highest BCUT2D eigenvalue weighted by atomic mass is 79.9. The molecule has 2 rings (SSSR count). The van der Waals surface area contributed by atoms with E-state index in [9.17, 15) is 4.79 Å². The largest absolute Gasteiger partial charge is 0.439 e. The number of aromatic nitrogens is 2. The van der Waals surface area contributed by atoms with Crippen molar-refractivity contribution in [2.24, 2.45) is 7.05 Å². The van der Waals surface area contributed by atoms with Crippen LogP contribution < -0.4 is 4.74 Å². The molecule has 0 aliphatic rings. The molecule has 0 saturated heterocycles. The normalized spacial score (nSPS) is 10.1. The van der Waals surface area contributed by atoms with E-state index < -0.39 is 0 Å². The average molecular weight is 281 g/mol. The summed E-state index contributed by atoms with van der Waals surface area (Å²) in [5.41, 5.74) is 0.436. The number of halogens is 1. The van der Waals surface area contributed by atoms with Gasteiger partial charge in [0.05, 0.1) is 11.8 Å². The molecule has 0 radical (unpaired) electrons. The van der Waals surface area contributed by atoms with Crippen LogP contribution in [0, 0.1) is 0 Å². The molecule has 16 heavy (non-hydrogen) atoms. The number of hydrogen-bond donors (Lipinski definition) is 0. The zero-order valence-corrected chi connectivity index (χ0v) is 10.1. The van der Waals surface area contributed by atoms with E-state index in [-0.39, 0.29) is 0 Å². The van der Waals surface area contributed by atoms with Gasteiger partial charge in [0.2, 0.25) is 5.88 Å². The maximum absolute atomic E-state index is 10.7. The third-order valence-electron chi connectivity index (χ3n) is 2.07. The lowest BCUT2D eigenvalue weighted by Crippen LogP contribution is -1.96. The number of carbonyl (C=O) groups is 1. The molecule has 2 aromatic rings. The van der Waals surface area contributed by atoms with Gasteiger partial charge in [-0.15, -0.1) is 0 Å². The number of aldehydes is 1. The van der Waals surface area contributed by atoms with Crippen LogP contribution in [-0.2, 0) is 7.05 Å². The van der Waals surface area contributed by atoms with Gasteiger partial charge in [-0.05, 0) is 24.3 Å². The first-order valence-electron chi connectivity index (χ1n) is 4.61. The molecule has 0 fully saturated rings. The molecule has 0 N–H and O–H groups in total. The van der Waals surface area contributed by atoms with Crippen molar-refractivity contribution in [3.63, 3.8) is 0 Å². The van der Waals surface area contributed by atoms with E-state index in [1.807, 2.05) is 24.3 Å². The maximum Gasteiger partial charge on any atom is 0.228 e. The van der Waals surface area contributed by atoms with Crippen LogP contribution in [0.5, 0.6) is 11.6 Å². The lowest BCUT2D eigenvalue weighted by atomic mass is 10.3. The Bertz CT molecular complexity index is 505. The molecule has 82 valence electrons. The van der Waals surface area contributed by atoms with Gasteiger partial charge in [0.15, 0.2) is 6.29 Å². The molecule has 1 aromatic carbocycles. The molecule has 0 saturated carbocycles. The zero-order chi connectivity index (χ0) is 11.5. The predicted octanol–water partition coefficient (Wildman–Crippen LogP) is 2.79. The molecule has 0 atom stereocenters. The predicted molar refractivity (Wildman–Crippen MR) is 62.8 cm³/mol. The van der Waals surface area contributed by atoms with Crippen molar-refractivity contribution < 1.29 is 9.53 Å². The smallest absolute Gasteiger partial charge is 0.228 e. The highest BCUT2D eigenvalue weighted by molar-refractivity contribution is 9.10. The number of aryl methyl sites for hydroxylation is 1. The van der Waals surface area contributed by atoms with Crippen LogP contribution in [0.3, 0.4) is 0 Å². The Morgan fingerprint density at radius 2 is 2.06 bits per heavy atom. The van der Waals surface area contributed by atoms with Gasteiger partial charge in [0, 0.05) is 11.5 Å². The van der Waals surface area contributed by atoms with Gasteiger partial charge in [0.1, 0.15) is 5.75 Å². The van der Waals surface area contributed by atoms with Gasteiger partial charge in [-0.1, -0.05) is 15.9 Å². The molecule has 1 aromatic heterocycles. The molecule has 0 spiro atoms. The summed E-state index contributed by atoms with van der Waals surface area (Å²) in [6, 6.07) is 7.36. The topological polar surface area (TPSA) is 44.1 Å². The van der Waals surface area contributed by atoms with E-state index in [4.69, 9.17) is 4.74 Å². The fourth-order valence-corrected chi connectivity index (χ4v) is 1.53. The number of ether oxygens (including phenoxy) is 1. The van der Waals surface area contributed by atoms with Crippen LogP contribution in [0.25, 0.3) is 0 Å². The second kappa shape index (κ2) is 4.49. The Balaban J connectivity index is 2.29. The number of hydrogen-bond acceptors (Lipinski definition) is 3. The van der Waals surface area contributed by atoms with Crippen molar-refractivity contribution in [1.29, 1.82) is 0 Å². The summed E-state index contributed by atoms with van der Waals surface area (Å²) in [6.07, 6.45) is 2.20. The van der Waals surface area contributed by atoms with E-state index in [1.54, 1.807) is 7.05 Å². The first-order chi connectivity index (χ1) is 7.70. The van der Waals surface area contributed by atoms with Gasteiger partial charge in [0.25, 0.3) is 0 Å². The Labute approximate surface area is 101 Å². The molecule has 0 aliphatic carbocycles. The van der Waals surface area contributed by atoms with Gasteiger partial charge in [-0.25, -0.2) is 4.68 Å². The zero-order valence-electron chi connectivity index (χ0n) is 8.55. The van der Waals surface area contributed by atoms with E-state index in [0.717, 1.165) is 10.8 Å². The first kappa shape index (κ1) is 10.9. The summed E-state index contributed by atoms with van der Waals surface area (Å²) in [7, 11) is 1.72. The molecule has 0 amide bonds. The summed E-state index contributed by atoms with van der Waals surface area (Å²) in [4.78, 5) is 10.7. The van der Waals surface area contributed by atoms with Crippen molar-refractivity contribution in [2.75, 3.05) is 0 Å². The minimum Gasteiger partial charge on any atom is -0.439 e. The standard InChI is InChI=1S/C11H9BrN2O2/c1-14-11(8(7-15)6-13-14)16-10-4-2-9(12)3-5-10/h2-7H,1H3. The minimum atomic E-state index is 0.436. The van der Waals surface area contributed by atoms with Crippen molar-refractivity contribution >= 4 is 22.2 Å². The second-order valence-corrected chi connectivity index (χ2v) is 4.12. The van der Waals surface area contributed by atoms with Crippen molar-refractivity contribution in [1.82, 2.24) is 9.78 Å². The Morgan fingerprint density at radius 3 is 2.69 bits per heavy atom. The summed E-state index contributed by atoms with van der Waals surface area (Å²) < 4.78 is 8.07. The van der Waals surface area contributed by atoms with Crippen LogP contribution >= 0.6 is 15.9 Å². The minimum absolute atomic E-state index is 0.436. The van der Waals surface area contributed by atoms with Crippen LogP contribution in [0.2, 0.25) is 0 Å². The highest BCUT2D eigenvalue weighted by Crippen LogP contribution is 2.24. The molecule has 0 bridgehead atoms. The quantitative estimate of drug-likeness (QED) is 0.812. The number of rotatable bonds is 3. The van der Waals surface area contributed by atoms with Crippen LogP contribution in [0.15, 0.2) is 34.9 Å². The lowest BCUT2D eigenvalue weighted by molar-refractivity contribution is 0.112. The molecule has 0 unspecified atom stereocenters. The molecule has 1 heterocycles. The first-order valence-corrected chi connectivity index (χ1v) is 5.40. The number of benzene rings is 1. The van der Waals surface area contributed by atoms with E-state index in [0.29, 0.717) is 17.2 Å². The van der Waals surface area contributed by atoms with Gasteiger partial charge < -0.3 is 4.74 Å². The fourth-order valence-electron chi connectivity index (χ4n) is 1.26. The third kappa shape index (κ3) is 2.14. The SMILES string of the molecule is Cn1ncc(C=O)c1Oc1ccc(Br)cc1. The van der Waals surface area contributed by atoms with Crippen molar-refractivity contribution in [2.45, 2.75) is 0 Å². The maximum atomic E-state index is 10.7. The van der Waals surface area contributed by atoms with Crippen molar-refractivity contribution in [3.8, 4) is 11.6 Å². The summed E-state index contributed by atoms with van der Waals surface area (Å²) in [5.74, 6) is 1.10. The van der Waals surface area contributed by atoms with Crippen LogP contribution in [0.4, 0.5) is 0 Å². The Kier molecular flexibility index (Phi) is 3.05. The molecular formula is C11H9BrN2O2. The van der Waals surface area contributed by atoms with Gasteiger partial charge >= 0.3 is 0 Å². The Morgan fingerprint density at radius 1 is 1.38 bits per heavy atom. The number of nitrogens with zero attached hydrogens (tertiary/aromatic N) is 2. The summed E-state index contributed by atoms with van der Waals surface area (Å²) in [5, 5.41) is 3.95.